The predicted octanol–water partition coefficient (Wildman–Crippen LogP) is 2.40. The van der Waals surface area contributed by atoms with Gasteiger partial charge in [0.1, 0.15) is 0 Å². The van der Waals surface area contributed by atoms with Gasteiger partial charge in [-0.2, -0.15) is 0 Å². The summed E-state index contributed by atoms with van der Waals surface area (Å²) in [7, 11) is 0. The number of carboxylic acid groups (broad SMARTS) is 1. The summed E-state index contributed by atoms with van der Waals surface area (Å²) < 4.78 is 5.04. The first-order valence-corrected chi connectivity index (χ1v) is 6.69. The molecule has 18 heavy (non-hydrogen) atoms. The second-order valence-corrected chi connectivity index (χ2v) is 5.14. The zero-order chi connectivity index (χ0) is 12.8. The van der Waals surface area contributed by atoms with Gasteiger partial charge in [0, 0.05) is 13.0 Å². The van der Waals surface area contributed by atoms with Gasteiger partial charge in [-0.3, -0.25) is 4.79 Å². The Kier molecular flexibility index (Phi) is 4.81. The second-order valence-electron chi connectivity index (χ2n) is 5.14. The van der Waals surface area contributed by atoms with Crippen molar-refractivity contribution in [1.29, 1.82) is 0 Å². The van der Waals surface area contributed by atoms with Crippen LogP contribution in [0.4, 0.5) is 0 Å². The molecule has 0 aliphatic carbocycles. The molecule has 1 aromatic rings. The van der Waals surface area contributed by atoms with Gasteiger partial charge in [-0.15, -0.1) is 0 Å². The maximum atomic E-state index is 10.7. The van der Waals surface area contributed by atoms with Crippen LogP contribution in [0.5, 0.6) is 0 Å². The van der Waals surface area contributed by atoms with E-state index in [1.807, 2.05) is 6.07 Å². The summed E-state index contributed by atoms with van der Waals surface area (Å²) in [5.74, 6) is -0.328. The van der Waals surface area contributed by atoms with Crippen LogP contribution in [0.25, 0.3) is 0 Å². The van der Waals surface area contributed by atoms with Gasteiger partial charge in [-0.25, -0.2) is 0 Å². The molecule has 0 bridgehead atoms. The van der Waals surface area contributed by atoms with Crippen molar-refractivity contribution in [3.63, 3.8) is 0 Å². The van der Waals surface area contributed by atoms with Crippen LogP contribution in [0.15, 0.2) is 23.0 Å². The molecule has 1 aromatic heterocycles. The van der Waals surface area contributed by atoms with Gasteiger partial charge in [-0.05, 0) is 56.3 Å². The number of piperidine rings is 1. The molecule has 0 spiro atoms. The summed E-state index contributed by atoms with van der Waals surface area (Å²) in [6.07, 6.45) is 8.16. The Morgan fingerprint density at radius 1 is 1.56 bits per heavy atom. The molecule has 1 fully saturated rings. The van der Waals surface area contributed by atoms with E-state index in [0.717, 1.165) is 45.3 Å². The van der Waals surface area contributed by atoms with Crippen molar-refractivity contribution in [1.82, 2.24) is 4.90 Å². The van der Waals surface area contributed by atoms with Gasteiger partial charge in [0.2, 0.25) is 0 Å². The molecule has 1 aliphatic rings. The summed E-state index contributed by atoms with van der Waals surface area (Å²) in [6.45, 7) is 3.11. The lowest BCUT2D eigenvalue weighted by Gasteiger charge is -2.31. The van der Waals surface area contributed by atoms with Gasteiger partial charge in [-0.1, -0.05) is 0 Å². The monoisotopic (exact) mass is 251 g/mol. The number of carboxylic acids is 1. The number of hydrogen-bond acceptors (Lipinski definition) is 3. The first-order valence-electron chi connectivity index (χ1n) is 6.69. The van der Waals surface area contributed by atoms with Crippen molar-refractivity contribution in [3.8, 4) is 0 Å². The number of likely N-dealkylation sites (tertiary alicyclic amines) is 1. The van der Waals surface area contributed by atoms with Gasteiger partial charge in [0.05, 0.1) is 12.5 Å². The van der Waals surface area contributed by atoms with Gasteiger partial charge in [0.25, 0.3) is 0 Å². The normalized spacial score (nSPS) is 21.0. The molecule has 1 N–H and O–H groups in total. The number of nitrogens with zero attached hydrogens (tertiary/aromatic N) is 1. The molecular weight excluding hydrogens is 230 g/mol. The zero-order valence-electron chi connectivity index (χ0n) is 10.7. The highest BCUT2D eigenvalue weighted by Gasteiger charge is 2.21. The SMILES string of the molecule is O=C(O)CC1CCCN(CCCc2ccoc2)C1. The summed E-state index contributed by atoms with van der Waals surface area (Å²) in [5.41, 5.74) is 1.24. The van der Waals surface area contributed by atoms with Gasteiger partial charge < -0.3 is 14.4 Å². The van der Waals surface area contributed by atoms with Crippen LogP contribution >= 0.6 is 0 Å². The first kappa shape index (κ1) is 13.1. The Balaban J connectivity index is 1.67. The minimum Gasteiger partial charge on any atom is -0.481 e. The maximum absolute atomic E-state index is 10.7. The van der Waals surface area contributed by atoms with Crippen molar-refractivity contribution < 1.29 is 14.3 Å². The van der Waals surface area contributed by atoms with E-state index in [9.17, 15) is 4.79 Å². The van der Waals surface area contributed by atoms with Crippen LogP contribution in [-0.4, -0.2) is 35.6 Å². The van der Waals surface area contributed by atoms with Crippen molar-refractivity contribution in [2.45, 2.75) is 32.1 Å². The number of furan rings is 1. The lowest BCUT2D eigenvalue weighted by molar-refractivity contribution is -0.138. The van der Waals surface area contributed by atoms with Crippen LogP contribution in [-0.2, 0) is 11.2 Å². The van der Waals surface area contributed by atoms with Crippen molar-refractivity contribution in [3.05, 3.63) is 24.2 Å². The molecule has 0 saturated carbocycles. The topological polar surface area (TPSA) is 53.7 Å². The lowest BCUT2D eigenvalue weighted by Crippen LogP contribution is -2.37. The molecule has 0 radical (unpaired) electrons. The minimum absolute atomic E-state index is 0.318. The van der Waals surface area contributed by atoms with E-state index >= 15 is 0 Å². The largest absolute Gasteiger partial charge is 0.481 e. The van der Waals surface area contributed by atoms with Crippen LogP contribution in [0.3, 0.4) is 0 Å². The molecule has 1 unspecified atom stereocenters. The number of hydrogen-bond donors (Lipinski definition) is 1. The van der Waals surface area contributed by atoms with Crippen molar-refractivity contribution in [2.24, 2.45) is 5.92 Å². The Bertz CT molecular complexity index is 361. The molecular formula is C14H21NO3. The number of carbonyl (C=O) groups is 1. The summed E-state index contributed by atoms with van der Waals surface area (Å²) in [5, 5.41) is 8.82. The molecule has 1 atom stereocenters. The van der Waals surface area contributed by atoms with Crippen LogP contribution in [0.1, 0.15) is 31.2 Å². The summed E-state index contributed by atoms with van der Waals surface area (Å²) in [6, 6.07) is 2.00. The highest BCUT2D eigenvalue weighted by molar-refractivity contribution is 5.67. The first-order chi connectivity index (χ1) is 8.74. The van der Waals surface area contributed by atoms with Gasteiger partial charge >= 0.3 is 5.97 Å². The Hall–Kier alpha value is -1.29. The maximum Gasteiger partial charge on any atom is 0.303 e. The number of aryl methyl sites for hydroxylation is 1. The standard InChI is InChI=1S/C14H21NO3/c16-14(17)9-13-4-2-7-15(10-13)6-1-3-12-5-8-18-11-12/h5,8,11,13H,1-4,6-7,9-10H2,(H,16,17). The van der Waals surface area contributed by atoms with E-state index in [4.69, 9.17) is 9.52 Å². The number of aliphatic carboxylic acids is 1. The van der Waals surface area contributed by atoms with Crippen molar-refractivity contribution in [2.75, 3.05) is 19.6 Å². The smallest absolute Gasteiger partial charge is 0.303 e. The molecule has 2 heterocycles. The molecule has 0 aromatic carbocycles. The van der Waals surface area contributed by atoms with Crippen LogP contribution < -0.4 is 0 Å². The minimum atomic E-state index is -0.666. The fraction of sp³-hybridized carbons (Fsp3) is 0.643. The summed E-state index contributed by atoms with van der Waals surface area (Å²) in [4.78, 5) is 13.1. The molecule has 100 valence electrons. The van der Waals surface area contributed by atoms with Gasteiger partial charge in [0.15, 0.2) is 0 Å². The second kappa shape index (κ2) is 6.59. The van der Waals surface area contributed by atoms with E-state index < -0.39 is 5.97 Å². The Morgan fingerprint density at radius 2 is 2.44 bits per heavy atom. The van der Waals surface area contributed by atoms with Crippen molar-refractivity contribution >= 4 is 5.97 Å². The lowest BCUT2D eigenvalue weighted by atomic mass is 9.94. The highest BCUT2D eigenvalue weighted by atomic mass is 16.4. The number of rotatable bonds is 6. The van der Waals surface area contributed by atoms with E-state index in [1.54, 1.807) is 12.5 Å². The Labute approximate surface area is 108 Å². The average molecular weight is 251 g/mol. The van der Waals surface area contributed by atoms with E-state index in [0.29, 0.717) is 12.3 Å². The predicted molar refractivity (Wildman–Crippen MR) is 68.4 cm³/mol. The average Bonchev–Trinajstić information content (AvgIpc) is 2.82. The third-order valence-corrected chi connectivity index (χ3v) is 3.59. The van der Waals surface area contributed by atoms with E-state index in [1.165, 1.54) is 5.56 Å². The third-order valence-electron chi connectivity index (χ3n) is 3.59. The fourth-order valence-electron chi connectivity index (χ4n) is 2.71. The Morgan fingerprint density at radius 3 is 3.17 bits per heavy atom. The van der Waals surface area contributed by atoms with E-state index in [2.05, 4.69) is 4.90 Å². The fourth-order valence-corrected chi connectivity index (χ4v) is 2.71. The third kappa shape index (κ3) is 4.18. The molecule has 0 amide bonds. The highest BCUT2D eigenvalue weighted by Crippen LogP contribution is 2.19. The van der Waals surface area contributed by atoms with E-state index in [-0.39, 0.29) is 0 Å². The molecule has 4 nitrogen and oxygen atoms in total. The van der Waals surface area contributed by atoms with Crippen LogP contribution in [0.2, 0.25) is 0 Å². The molecule has 1 saturated heterocycles. The molecule has 4 heteroatoms. The summed E-state index contributed by atoms with van der Waals surface area (Å²) >= 11 is 0. The quantitative estimate of drug-likeness (QED) is 0.843. The zero-order valence-corrected chi connectivity index (χ0v) is 10.7. The molecule has 1 aliphatic heterocycles. The molecule has 2 rings (SSSR count). The van der Waals surface area contributed by atoms with Crippen LogP contribution in [0, 0.1) is 5.92 Å².